The van der Waals surface area contributed by atoms with Gasteiger partial charge in [-0.25, -0.2) is 4.68 Å². The number of carbonyl (C=O) groups excluding carboxylic acids is 1. The lowest BCUT2D eigenvalue weighted by Gasteiger charge is -2.05. The van der Waals surface area contributed by atoms with Crippen LogP contribution in [0.25, 0.3) is 5.69 Å². The number of hydrogen-bond acceptors (Lipinski definition) is 4. The van der Waals surface area contributed by atoms with Gasteiger partial charge in [-0.3, -0.25) is 9.59 Å². The van der Waals surface area contributed by atoms with Crippen LogP contribution in [0.2, 0.25) is 0 Å². The van der Waals surface area contributed by atoms with Gasteiger partial charge in [-0.2, -0.15) is 5.10 Å². The van der Waals surface area contributed by atoms with E-state index in [4.69, 9.17) is 0 Å². The molecule has 0 amide bonds. The topological polar surface area (TPSA) is 64.0 Å². The number of nitrogens with zero attached hydrogens (tertiary/aromatic N) is 2. The van der Waals surface area contributed by atoms with E-state index in [1.165, 1.54) is 29.2 Å². The van der Waals surface area contributed by atoms with Crippen molar-refractivity contribution in [1.29, 1.82) is 0 Å². The number of nitrogens with one attached hydrogen (secondary N) is 1. The van der Waals surface area contributed by atoms with Crippen LogP contribution in [0.3, 0.4) is 0 Å². The van der Waals surface area contributed by atoms with E-state index in [-0.39, 0.29) is 5.69 Å². The first-order valence-corrected chi connectivity index (χ1v) is 5.76. The molecule has 0 aliphatic rings. The minimum atomic E-state index is -0.426. The summed E-state index contributed by atoms with van der Waals surface area (Å²) in [4.78, 5) is 23.5. The van der Waals surface area contributed by atoms with E-state index < -0.39 is 11.2 Å². The van der Waals surface area contributed by atoms with Gasteiger partial charge in [-0.1, -0.05) is 18.2 Å². The van der Waals surface area contributed by atoms with E-state index in [1.807, 2.05) is 30.3 Å². The fraction of sp³-hybridized carbons (Fsp3) is 0.0714. The van der Waals surface area contributed by atoms with Crippen molar-refractivity contribution >= 4 is 5.78 Å². The molecule has 0 aliphatic carbocycles. The SMILES string of the molecule is CN/C=C/C(=O)c1nn(-c2ccccc2)ccc1=O. The van der Waals surface area contributed by atoms with E-state index in [0.29, 0.717) is 0 Å². The second kappa shape index (κ2) is 5.77. The van der Waals surface area contributed by atoms with Crippen LogP contribution >= 0.6 is 0 Å². The zero-order valence-electron chi connectivity index (χ0n) is 10.4. The zero-order chi connectivity index (χ0) is 13.7. The maximum Gasteiger partial charge on any atom is 0.211 e. The fourth-order valence-electron chi connectivity index (χ4n) is 1.54. The van der Waals surface area contributed by atoms with Crippen LogP contribution in [-0.4, -0.2) is 22.6 Å². The Morgan fingerprint density at radius 2 is 2.00 bits per heavy atom. The van der Waals surface area contributed by atoms with E-state index in [2.05, 4.69) is 10.4 Å². The molecule has 0 saturated carbocycles. The summed E-state index contributed by atoms with van der Waals surface area (Å²) in [5, 5.41) is 6.77. The molecule has 1 aromatic carbocycles. The molecule has 1 N–H and O–H groups in total. The summed E-state index contributed by atoms with van der Waals surface area (Å²) >= 11 is 0. The van der Waals surface area contributed by atoms with Gasteiger partial charge in [0.25, 0.3) is 0 Å². The number of carbonyl (C=O) groups is 1. The minimum Gasteiger partial charge on any atom is -0.394 e. The first-order chi connectivity index (χ1) is 9.22. The summed E-state index contributed by atoms with van der Waals surface area (Å²) in [6.45, 7) is 0. The van der Waals surface area contributed by atoms with Gasteiger partial charge in [0, 0.05) is 31.6 Å². The molecule has 0 bridgehead atoms. The summed E-state index contributed by atoms with van der Waals surface area (Å²) < 4.78 is 1.50. The predicted octanol–water partition coefficient (Wildman–Crippen LogP) is 1.15. The van der Waals surface area contributed by atoms with Gasteiger partial charge in [-0.05, 0) is 12.1 Å². The number of allylic oxidation sites excluding steroid dienone is 1. The summed E-state index contributed by atoms with van der Waals surface area (Å²) in [6, 6.07) is 10.6. The molecule has 0 saturated heterocycles. The van der Waals surface area contributed by atoms with Gasteiger partial charge >= 0.3 is 0 Å². The normalized spacial score (nSPS) is 10.6. The highest BCUT2D eigenvalue weighted by atomic mass is 16.1. The van der Waals surface area contributed by atoms with Gasteiger partial charge < -0.3 is 5.32 Å². The molecular weight excluding hydrogens is 242 g/mol. The van der Waals surface area contributed by atoms with E-state index in [9.17, 15) is 9.59 Å². The Balaban J connectivity index is 2.44. The van der Waals surface area contributed by atoms with E-state index >= 15 is 0 Å². The highest BCUT2D eigenvalue weighted by molar-refractivity contribution is 6.02. The monoisotopic (exact) mass is 255 g/mol. The molecule has 0 atom stereocenters. The van der Waals surface area contributed by atoms with E-state index in [1.54, 1.807) is 7.05 Å². The zero-order valence-corrected chi connectivity index (χ0v) is 10.4. The van der Waals surface area contributed by atoms with Crippen LogP contribution in [0.15, 0.2) is 59.7 Å². The molecule has 0 spiro atoms. The smallest absolute Gasteiger partial charge is 0.211 e. The Labute approximate surface area is 110 Å². The number of aromatic nitrogens is 2. The lowest BCUT2D eigenvalue weighted by atomic mass is 10.2. The standard InChI is InChI=1S/C14H13N3O2/c1-15-9-7-12(18)14-13(19)8-10-17(16-14)11-5-3-2-4-6-11/h2-10,15H,1H3/b9-7+. The van der Waals surface area contributed by atoms with E-state index in [0.717, 1.165) is 5.69 Å². The Bertz CT molecular complexity index is 660. The molecule has 0 fully saturated rings. The van der Waals surface area contributed by atoms with Gasteiger partial charge in [0.15, 0.2) is 5.69 Å². The minimum absolute atomic E-state index is 0.0992. The van der Waals surface area contributed by atoms with Crippen molar-refractivity contribution in [2.24, 2.45) is 0 Å². The highest BCUT2D eigenvalue weighted by Crippen LogP contribution is 2.04. The molecule has 1 aromatic heterocycles. The van der Waals surface area contributed by atoms with Crippen molar-refractivity contribution < 1.29 is 4.79 Å². The van der Waals surface area contributed by atoms with Crippen molar-refractivity contribution in [3.8, 4) is 5.69 Å². The lowest BCUT2D eigenvalue weighted by molar-refractivity contribution is 0.103. The molecule has 5 heteroatoms. The summed E-state index contributed by atoms with van der Waals surface area (Å²) in [7, 11) is 1.67. The predicted molar refractivity (Wildman–Crippen MR) is 72.4 cm³/mol. The summed E-state index contributed by atoms with van der Waals surface area (Å²) in [5.74, 6) is -0.426. The first-order valence-electron chi connectivity index (χ1n) is 5.76. The third kappa shape index (κ3) is 2.95. The molecule has 1 heterocycles. The van der Waals surface area contributed by atoms with Crippen LogP contribution in [0.1, 0.15) is 10.5 Å². The van der Waals surface area contributed by atoms with Crippen molar-refractivity contribution in [2.75, 3.05) is 7.05 Å². The number of rotatable bonds is 4. The lowest BCUT2D eigenvalue weighted by Crippen LogP contribution is -2.19. The number of hydrogen-bond donors (Lipinski definition) is 1. The van der Waals surface area contributed by atoms with Gasteiger partial charge in [0.05, 0.1) is 5.69 Å². The maximum atomic E-state index is 11.8. The quantitative estimate of drug-likeness (QED) is 0.657. The highest BCUT2D eigenvalue weighted by Gasteiger charge is 2.10. The van der Waals surface area contributed by atoms with Crippen molar-refractivity contribution in [1.82, 2.24) is 15.1 Å². The largest absolute Gasteiger partial charge is 0.394 e. The second-order valence-corrected chi connectivity index (χ2v) is 3.79. The second-order valence-electron chi connectivity index (χ2n) is 3.79. The van der Waals surface area contributed by atoms with Crippen LogP contribution in [0.5, 0.6) is 0 Å². The van der Waals surface area contributed by atoms with Crippen LogP contribution in [-0.2, 0) is 0 Å². The average molecular weight is 255 g/mol. The third-order valence-corrected chi connectivity index (χ3v) is 2.46. The average Bonchev–Trinajstić information content (AvgIpc) is 2.46. The van der Waals surface area contributed by atoms with Gasteiger partial charge in [0.2, 0.25) is 11.2 Å². The van der Waals surface area contributed by atoms with Crippen LogP contribution in [0, 0.1) is 0 Å². The molecule has 0 aliphatic heterocycles. The van der Waals surface area contributed by atoms with Crippen molar-refractivity contribution in [3.63, 3.8) is 0 Å². The molecular formula is C14H13N3O2. The van der Waals surface area contributed by atoms with Crippen LogP contribution < -0.4 is 10.7 Å². The third-order valence-electron chi connectivity index (χ3n) is 2.46. The molecule has 5 nitrogen and oxygen atoms in total. The molecule has 2 rings (SSSR count). The summed E-state index contributed by atoms with van der Waals surface area (Å²) in [6.07, 6.45) is 4.28. The molecule has 96 valence electrons. The summed E-state index contributed by atoms with van der Waals surface area (Å²) in [5.41, 5.74) is 0.296. The van der Waals surface area contributed by atoms with Crippen molar-refractivity contribution in [2.45, 2.75) is 0 Å². The Hall–Kier alpha value is -2.69. The maximum absolute atomic E-state index is 11.8. The van der Waals surface area contributed by atoms with Gasteiger partial charge in [-0.15, -0.1) is 0 Å². The van der Waals surface area contributed by atoms with Crippen LogP contribution in [0.4, 0.5) is 0 Å². The molecule has 0 unspecified atom stereocenters. The Morgan fingerprint density at radius 1 is 1.26 bits per heavy atom. The molecule has 19 heavy (non-hydrogen) atoms. The number of benzene rings is 1. The van der Waals surface area contributed by atoms with Crippen molar-refractivity contribution in [3.05, 3.63) is 70.8 Å². The Morgan fingerprint density at radius 3 is 2.68 bits per heavy atom. The first kappa shape index (κ1) is 12.8. The molecule has 0 radical (unpaired) electrons. The number of ketones is 1. The Kier molecular flexibility index (Phi) is 3.87. The number of para-hydroxylation sites is 1. The van der Waals surface area contributed by atoms with Gasteiger partial charge in [0.1, 0.15) is 0 Å². The fourth-order valence-corrected chi connectivity index (χ4v) is 1.54. The molecule has 2 aromatic rings.